The van der Waals surface area contributed by atoms with E-state index in [2.05, 4.69) is 0 Å². The smallest absolute Gasteiger partial charge is 0.222 e. The molecule has 0 rings (SSSR count). The fourth-order valence-electron chi connectivity index (χ4n) is 1.55. The molecule has 0 aromatic carbocycles. The van der Waals surface area contributed by atoms with E-state index in [0.717, 1.165) is 12.8 Å². The SMILES string of the molecule is CCCC(=O)CCCN(C)C(=O)CC(C)C. The van der Waals surface area contributed by atoms with Crippen LogP contribution in [0.25, 0.3) is 0 Å². The van der Waals surface area contributed by atoms with Gasteiger partial charge in [0.1, 0.15) is 5.78 Å². The summed E-state index contributed by atoms with van der Waals surface area (Å²) in [5.41, 5.74) is 0. The lowest BCUT2D eigenvalue weighted by atomic mass is 10.1. The lowest BCUT2D eigenvalue weighted by molar-refractivity contribution is -0.131. The van der Waals surface area contributed by atoms with Crippen molar-refractivity contribution in [2.24, 2.45) is 5.92 Å². The number of rotatable bonds is 8. The number of carbonyl (C=O) groups is 2. The summed E-state index contributed by atoms with van der Waals surface area (Å²) in [6.07, 6.45) is 3.58. The first-order chi connectivity index (χ1) is 7.47. The molecule has 0 aliphatic heterocycles. The van der Waals surface area contributed by atoms with Crippen LogP contribution in [-0.2, 0) is 9.59 Å². The van der Waals surface area contributed by atoms with Crippen LogP contribution in [-0.4, -0.2) is 30.2 Å². The summed E-state index contributed by atoms with van der Waals surface area (Å²) < 4.78 is 0. The lowest BCUT2D eigenvalue weighted by Crippen LogP contribution is -2.28. The Labute approximate surface area is 99.2 Å². The van der Waals surface area contributed by atoms with Gasteiger partial charge < -0.3 is 4.90 Å². The number of carbonyl (C=O) groups excluding carboxylic acids is 2. The molecule has 94 valence electrons. The van der Waals surface area contributed by atoms with Crippen LogP contribution in [0.15, 0.2) is 0 Å². The number of hydrogen-bond acceptors (Lipinski definition) is 2. The Morgan fingerprint density at radius 3 is 2.31 bits per heavy atom. The van der Waals surface area contributed by atoms with Crippen LogP contribution in [0.4, 0.5) is 0 Å². The minimum atomic E-state index is 0.179. The Kier molecular flexibility index (Phi) is 7.86. The van der Waals surface area contributed by atoms with Crippen molar-refractivity contribution in [2.45, 2.75) is 52.9 Å². The first kappa shape index (κ1) is 15.1. The highest BCUT2D eigenvalue weighted by Gasteiger charge is 2.10. The van der Waals surface area contributed by atoms with Crippen molar-refractivity contribution in [3.05, 3.63) is 0 Å². The Balaban J connectivity index is 3.68. The van der Waals surface area contributed by atoms with E-state index >= 15 is 0 Å². The molecule has 0 atom stereocenters. The summed E-state index contributed by atoms with van der Waals surface area (Å²) >= 11 is 0. The van der Waals surface area contributed by atoms with Gasteiger partial charge in [0.15, 0.2) is 0 Å². The molecule has 0 radical (unpaired) electrons. The van der Waals surface area contributed by atoms with Gasteiger partial charge >= 0.3 is 0 Å². The molecule has 3 nitrogen and oxygen atoms in total. The predicted molar refractivity (Wildman–Crippen MR) is 66.2 cm³/mol. The first-order valence-electron chi connectivity index (χ1n) is 6.23. The fourth-order valence-corrected chi connectivity index (χ4v) is 1.55. The maximum atomic E-state index is 11.6. The molecule has 0 heterocycles. The molecule has 0 saturated heterocycles. The summed E-state index contributed by atoms with van der Waals surface area (Å²) in [4.78, 5) is 24.6. The van der Waals surface area contributed by atoms with Crippen molar-refractivity contribution >= 4 is 11.7 Å². The van der Waals surface area contributed by atoms with Crippen molar-refractivity contribution < 1.29 is 9.59 Å². The first-order valence-corrected chi connectivity index (χ1v) is 6.23. The highest BCUT2D eigenvalue weighted by Crippen LogP contribution is 2.05. The molecule has 0 saturated carbocycles. The third-order valence-electron chi connectivity index (χ3n) is 2.49. The summed E-state index contributed by atoms with van der Waals surface area (Å²) in [5.74, 6) is 0.891. The standard InChI is InChI=1S/C13H25NO2/c1-5-7-12(15)8-6-9-14(4)13(16)10-11(2)3/h11H,5-10H2,1-4H3. The van der Waals surface area contributed by atoms with Crippen LogP contribution in [0, 0.1) is 5.92 Å². The molecule has 0 aromatic heterocycles. The summed E-state index contributed by atoms with van der Waals surface area (Å²) in [6, 6.07) is 0. The highest BCUT2D eigenvalue weighted by atomic mass is 16.2. The molecule has 0 N–H and O–H groups in total. The van der Waals surface area contributed by atoms with Crippen molar-refractivity contribution in [1.29, 1.82) is 0 Å². The average Bonchev–Trinajstić information content (AvgIpc) is 2.16. The maximum Gasteiger partial charge on any atom is 0.222 e. The molecule has 1 amide bonds. The minimum absolute atomic E-state index is 0.179. The third-order valence-corrected chi connectivity index (χ3v) is 2.49. The number of hydrogen-bond donors (Lipinski definition) is 0. The molecular formula is C13H25NO2. The normalized spacial score (nSPS) is 10.6. The van der Waals surface area contributed by atoms with E-state index in [4.69, 9.17) is 0 Å². The van der Waals surface area contributed by atoms with Crippen LogP contribution in [0.3, 0.4) is 0 Å². The Morgan fingerprint density at radius 2 is 1.81 bits per heavy atom. The van der Waals surface area contributed by atoms with Gasteiger partial charge in [0, 0.05) is 32.9 Å². The minimum Gasteiger partial charge on any atom is -0.346 e. The van der Waals surface area contributed by atoms with Gasteiger partial charge in [-0.3, -0.25) is 9.59 Å². The summed E-state index contributed by atoms with van der Waals surface area (Å²) in [7, 11) is 1.81. The van der Waals surface area contributed by atoms with Gasteiger partial charge in [-0.05, 0) is 18.8 Å². The average molecular weight is 227 g/mol. The Morgan fingerprint density at radius 1 is 1.19 bits per heavy atom. The summed E-state index contributed by atoms with van der Waals surface area (Å²) in [6.45, 7) is 6.78. The van der Waals surface area contributed by atoms with Gasteiger partial charge in [0.2, 0.25) is 5.91 Å². The van der Waals surface area contributed by atoms with Crippen molar-refractivity contribution in [1.82, 2.24) is 4.90 Å². The second kappa shape index (κ2) is 8.31. The second-order valence-electron chi connectivity index (χ2n) is 4.81. The number of Topliss-reactive ketones (excluding diaryl/α,β-unsaturated/α-hetero) is 1. The molecule has 0 aromatic rings. The van der Waals surface area contributed by atoms with E-state index in [1.54, 1.807) is 4.90 Å². The van der Waals surface area contributed by atoms with Gasteiger partial charge in [0.25, 0.3) is 0 Å². The molecule has 0 bridgehead atoms. The zero-order valence-electron chi connectivity index (χ0n) is 11.1. The van der Waals surface area contributed by atoms with Gasteiger partial charge in [-0.15, -0.1) is 0 Å². The van der Waals surface area contributed by atoms with Gasteiger partial charge in [0.05, 0.1) is 0 Å². The zero-order valence-corrected chi connectivity index (χ0v) is 11.1. The second-order valence-corrected chi connectivity index (χ2v) is 4.81. The number of nitrogens with zero attached hydrogens (tertiary/aromatic N) is 1. The van der Waals surface area contributed by atoms with Crippen LogP contribution >= 0.6 is 0 Å². The monoisotopic (exact) mass is 227 g/mol. The lowest BCUT2D eigenvalue weighted by Gasteiger charge is -2.17. The Hall–Kier alpha value is -0.860. The Bertz CT molecular complexity index is 224. The topological polar surface area (TPSA) is 37.4 Å². The zero-order chi connectivity index (χ0) is 12.6. The van der Waals surface area contributed by atoms with Crippen LogP contribution < -0.4 is 0 Å². The molecular weight excluding hydrogens is 202 g/mol. The molecule has 0 fully saturated rings. The van der Waals surface area contributed by atoms with Crippen LogP contribution in [0.2, 0.25) is 0 Å². The van der Waals surface area contributed by atoms with Gasteiger partial charge in [-0.2, -0.15) is 0 Å². The van der Waals surface area contributed by atoms with Crippen molar-refractivity contribution in [3.8, 4) is 0 Å². The van der Waals surface area contributed by atoms with E-state index in [1.165, 1.54) is 0 Å². The van der Waals surface area contributed by atoms with Crippen LogP contribution in [0.5, 0.6) is 0 Å². The van der Waals surface area contributed by atoms with E-state index in [-0.39, 0.29) is 5.91 Å². The van der Waals surface area contributed by atoms with E-state index in [0.29, 0.717) is 37.5 Å². The molecule has 0 unspecified atom stereocenters. The van der Waals surface area contributed by atoms with Gasteiger partial charge in [-0.1, -0.05) is 20.8 Å². The summed E-state index contributed by atoms with van der Waals surface area (Å²) in [5, 5.41) is 0. The van der Waals surface area contributed by atoms with E-state index < -0.39 is 0 Å². The quantitative estimate of drug-likeness (QED) is 0.639. The van der Waals surface area contributed by atoms with Gasteiger partial charge in [-0.25, -0.2) is 0 Å². The number of amides is 1. The van der Waals surface area contributed by atoms with Crippen molar-refractivity contribution in [3.63, 3.8) is 0 Å². The van der Waals surface area contributed by atoms with Crippen LogP contribution in [0.1, 0.15) is 52.9 Å². The molecule has 16 heavy (non-hydrogen) atoms. The number of ketones is 1. The third kappa shape index (κ3) is 7.43. The van der Waals surface area contributed by atoms with E-state index in [9.17, 15) is 9.59 Å². The highest BCUT2D eigenvalue weighted by molar-refractivity contribution is 5.78. The molecule has 3 heteroatoms. The molecule has 0 spiro atoms. The molecule has 0 aliphatic carbocycles. The van der Waals surface area contributed by atoms with Crippen molar-refractivity contribution in [2.75, 3.05) is 13.6 Å². The largest absolute Gasteiger partial charge is 0.346 e. The molecule has 0 aliphatic rings. The fraction of sp³-hybridized carbons (Fsp3) is 0.846. The predicted octanol–water partition coefficient (Wildman–Crippen LogP) is 2.64. The van der Waals surface area contributed by atoms with E-state index in [1.807, 2.05) is 27.8 Å². The maximum absolute atomic E-state index is 11.6.